The molecule has 1 N–H and O–H groups in total. The summed E-state index contributed by atoms with van der Waals surface area (Å²) in [5.41, 5.74) is 1.25. The molecule has 0 aromatic carbocycles. The standard InChI is InChI=1S/C14H27N3/c1-13(2)10-15-8-6-4-5-7-9-17-12-14(3)11-16-17/h11-13,15H,4-10H2,1-3H3. The Hall–Kier alpha value is -0.830. The van der Waals surface area contributed by atoms with Crippen LogP contribution in [0.1, 0.15) is 45.1 Å². The molecule has 0 aliphatic carbocycles. The van der Waals surface area contributed by atoms with Crippen molar-refractivity contribution in [2.75, 3.05) is 13.1 Å². The summed E-state index contributed by atoms with van der Waals surface area (Å²) < 4.78 is 2.05. The molecule has 1 aromatic heterocycles. The summed E-state index contributed by atoms with van der Waals surface area (Å²) in [7, 11) is 0. The molecular weight excluding hydrogens is 210 g/mol. The first kappa shape index (κ1) is 14.2. The third kappa shape index (κ3) is 7.16. The lowest BCUT2D eigenvalue weighted by atomic mass is 10.2. The van der Waals surface area contributed by atoms with Gasteiger partial charge in [-0.15, -0.1) is 0 Å². The van der Waals surface area contributed by atoms with Gasteiger partial charge in [0.15, 0.2) is 0 Å². The maximum atomic E-state index is 4.29. The SMILES string of the molecule is Cc1cnn(CCCCCCNCC(C)C)c1. The Balaban J connectivity index is 1.88. The molecule has 0 aliphatic rings. The summed E-state index contributed by atoms with van der Waals surface area (Å²) in [6.07, 6.45) is 9.21. The second-order valence-corrected chi connectivity index (χ2v) is 5.29. The normalized spacial score (nSPS) is 11.3. The average molecular weight is 237 g/mol. The Morgan fingerprint density at radius 1 is 1.24 bits per heavy atom. The van der Waals surface area contributed by atoms with Gasteiger partial charge in [-0.25, -0.2) is 0 Å². The summed E-state index contributed by atoms with van der Waals surface area (Å²) in [6.45, 7) is 9.96. The van der Waals surface area contributed by atoms with Crippen LogP contribution in [-0.4, -0.2) is 22.9 Å². The molecule has 3 nitrogen and oxygen atoms in total. The zero-order chi connectivity index (χ0) is 12.5. The first-order valence-electron chi connectivity index (χ1n) is 6.88. The minimum Gasteiger partial charge on any atom is -0.316 e. The van der Waals surface area contributed by atoms with E-state index in [0.717, 1.165) is 19.0 Å². The van der Waals surface area contributed by atoms with Crippen LogP contribution >= 0.6 is 0 Å². The van der Waals surface area contributed by atoms with Crippen molar-refractivity contribution < 1.29 is 0 Å². The van der Waals surface area contributed by atoms with Crippen molar-refractivity contribution in [3.05, 3.63) is 18.0 Å². The summed E-state index contributed by atoms with van der Waals surface area (Å²) in [4.78, 5) is 0. The van der Waals surface area contributed by atoms with E-state index in [1.807, 2.05) is 10.9 Å². The highest BCUT2D eigenvalue weighted by molar-refractivity contribution is 4.99. The number of hydrogen-bond acceptors (Lipinski definition) is 2. The fourth-order valence-corrected chi connectivity index (χ4v) is 1.86. The summed E-state index contributed by atoms with van der Waals surface area (Å²) in [5, 5.41) is 7.77. The molecule has 0 spiro atoms. The van der Waals surface area contributed by atoms with Gasteiger partial charge in [-0.05, 0) is 44.3 Å². The van der Waals surface area contributed by atoms with E-state index in [2.05, 4.69) is 37.4 Å². The Morgan fingerprint density at radius 3 is 2.65 bits per heavy atom. The maximum absolute atomic E-state index is 4.29. The van der Waals surface area contributed by atoms with E-state index in [9.17, 15) is 0 Å². The molecule has 0 bridgehead atoms. The Bertz CT molecular complexity index is 291. The average Bonchev–Trinajstić information content (AvgIpc) is 2.68. The van der Waals surface area contributed by atoms with Gasteiger partial charge in [0.25, 0.3) is 0 Å². The highest BCUT2D eigenvalue weighted by atomic mass is 15.3. The smallest absolute Gasteiger partial charge is 0.0518 e. The van der Waals surface area contributed by atoms with Gasteiger partial charge in [-0.2, -0.15) is 5.10 Å². The van der Waals surface area contributed by atoms with Crippen LogP contribution in [0, 0.1) is 12.8 Å². The second kappa shape index (κ2) is 8.29. The summed E-state index contributed by atoms with van der Waals surface area (Å²) in [5.74, 6) is 0.762. The van der Waals surface area contributed by atoms with Crippen molar-refractivity contribution in [2.24, 2.45) is 5.92 Å². The van der Waals surface area contributed by atoms with Crippen molar-refractivity contribution in [3.8, 4) is 0 Å². The topological polar surface area (TPSA) is 29.9 Å². The van der Waals surface area contributed by atoms with Gasteiger partial charge in [0.05, 0.1) is 6.20 Å². The minimum absolute atomic E-state index is 0.762. The van der Waals surface area contributed by atoms with Gasteiger partial charge in [0, 0.05) is 12.7 Å². The molecule has 0 fully saturated rings. The number of nitrogens with zero attached hydrogens (tertiary/aromatic N) is 2. The number of nitrogens with one attached hydrogen (secondary N) is 1. The molecule has 1 aromatic rings. The van der Waals surface area contributed by atoms with Crippen LogP contribution in [0.3, 0.4) is 0 Å². The molecule has 0 atom stereocenters. The molecule has 1 heterocycles. The van der Waals surface area contributed by atoms with Crippen molar-refractivity contribution in [3.63, 3.8) is 0 Å². The molecule has 98 valence electrons. The lowest BCUT2D eigenvalue weighted by molar-refractivity contribution is 0.505. The van der Waals surface area contributed by atoms with E-state index in [1.165, 1.54) is 37.8 Å². The minimum atomic E-state index is 0.762. The van der Waals surface area contributed by atoms with E-state index < -0.39 is 0 Å². The fourth-order valence-electron chi connectivity index (χ4n) is 1.86. The Labute approximate surface area is 106 Å². The van der Waals surface area contributed by atoms with Crippen LogP contribution in [0.4, 0.5) is 0 Å². The number of unbranched alkanes of at least 4 members (excludes halogenated alkanes) is 3. The predicted octanol–water partition coefficient (Wildman–Crippen LogP) is 3.00. The predicted molar refractivity (Wildman–Crippen MR) is 73.1 cm³/mol. The van der Waals surface area contributed by atoms with Crippen molar-refractivity contribution in [1.82, 2.24) is 15.1 Å². The lowest BCUT2D eigenvalue weighted by Crippen LogP contribution is -2.20. The largest absolute Gasteiger partial charge is 0.316 e. The summed E-state index contributed by atoms with van der Waals surface area (Å²) >= 11 is 0. The number of aryl methyl sites for hydroxylation is 2. The van der Waals surface area contributed by atoms with Crippen molar-refractivity contribution >= 4 is 0 Å². The quantitative estimate of drug-likeness (QED) is 0.669. The molecule has 0 aliphatic heterocycles. The highest BCUT2D eigenvalue weighted by Gasteiger charge is 1.95. The molecule has 0 saturated carbocycles. The molecule has 0 radical (unpaired) electrons. The van der Waals surface area contributed by atoms with Crippen LogP contribution in [0.15, 0.2) is 12.4 Å². The highest BCUT2D eigenvalue weighted by Crippen LogP contribution is 2.02. The van der Waals surface area contributed by atoms with Gasteiger partial charge >= 0.3 is 0 Å². The molecule has 0 amide bonds. The first-order chi connectivity index (χ1) is 8.18. The Kier molecular flexibility index (Phi) is 6.94. The van der Waals surface area contributed by atoms with Crippen LogP contribution in [-0.2, 0) is 6.54 Å². The van der Waals surface area contributed by atoms with Gasteiger partial charge in [0.2, 0.25) is 0 Å². The number of aromatic nitrogens is 2. The van der Waals surface area contributed by atoms with E-state index >= 15 is 0 Å². The van der Waals surface area contributed by atoms with Gasteiger partial charge in [0.1, 0.15) is 0 Å². The van der Waals surface area contributed by atoms with Gasteiger partial charge < -0.3 is 5.32 Å². The molecule has 0 saturated heterocycles. The Morgan fingerprint density at radius 2 is 2.00 bits per heavy atom. The molecule has 0 unspecified atom stereocenters. The number of rotatable bonds is 9. The number of hydrogen-bond donors (Lipinski definition) is 1. The van der Waals surface area contributed by atoms with Crippen LogP contribution in [0.25, 0.3) is 0 Å². The third-order valence-electron chi connectivity index (χ3n) is 2.81. The first-order valence-corrected chi connectivity index (χ1v) is 6.88. The second-order valence-electron chi connectivity index (χ2n) is 5.29. The van der Waals surface area contributed by atoms with Crippen molar-refractivity contribution in [2.45, 2.75) is 53.0 Å². The summed E-state index contributed by atoms with van der Waals surface area (Å²) in [6, 6.07) is 0. The van der Waals surface area contributed by atoms with Crippen molar-refractivity contribution in [1.29, 1.82) is 0 Å². The molecule has 17 heavy (non-hydrogen) atoms. The van der Waals surface area contributed by atoms with Gasteiger partial charge in [-0.1, -0.05) is 26.7 Å². The zero-order valence-electron chi connectivity index (χ0n) is 11.6. The van der Waals surface area contributed by atoms with E-state index in [1.54, 1.807) is 0 Å². The van der Waals surface area contributed by atoms with E-state index in [0.29, 0.717) is 0 Å². The van der Waals surface area contributed by atoms with Crippen LogP contribution in [0.2, 0.25) is 0 Å². The monoisotopic (exact) mass is 237 g/mol. The molecular formula is C14H27N3. The van der Waals surface area contributed by atoms with E-state index in [4.69, 9.17) is 0 Å². The zero-order valence-corrected chi connectivity index (χ0v) is 11.6. The van der Waals surface area contributed by atoms with Crippen LogP contribution in [0.5, 0.6) is 0 Å². The molecule has 3 heteroatoms. The maximum Gasteiger partial charge on any atom is 0.0518 e. The van der Waals surface area contributed by atoms with Crippen LogP contribution < -0.4 is 5.32 Å². The third-order valence-corrected chi connectivity index (χ3v) is 2.81. The fraction of sp³-hybridized carbons (Fsp3) is 0.786. The van der Waals surface area contributed by atoms with Gasteiger partial charge in [-0.3, -0.25) is 4.68 Å². The van der Waals surface area contributed by atoms with E-state index in [-0.39, 0.29) is 0 Å². The molecule has 1 rings (SSSR count). The lowest BCUT2D eigenvalue weighted by Gasteiger charge is -2.07.